The first-order valence-electron chi connectivity index (χ1n) is 7.63. The molecule has 0 aliphatic heterocycles. The first kappa shape index (κ1) is 17.6. The number of carbonyl (C=O) groups excluding carboxylic acids is 2. The van der Waals surface area contributed by atoms with Crippen molar-refractivity contribution in [3.05, 3.63) is 71.5 Å². The second-order valence-corrected chi connectivity index (χ2v) is 5.39. The lowest BCUT2D eigenvalue weighted by atomic mass is 10.1. The number of hydrogen-bond donors (Lipinski definition) is 3. The van der Waals surface area contributed by atoms with Crippen molar-refractivity contribution >= 4 is 11.8 Å². The van der Waals surface area contributed by atoms with Gasteiger partial charge in [0.25, 0.3) is 0 Å². The van der Waals surface area contributed by atoms with Gasteiger partial charge in [0.15, 0.2) is 0 Å². The summed E-state index contributed by atoms with van der Waals surface area (Å²) in [5.41, 5.74) is 6.72. The molecule has 0 aliphatic carbocycles. The molecule has 0 aromatic heterocycles. The fourth-order valence-corrected chi connectivity index (χ4v) is 2.24. The van der Waals surface area contributed by atoms with Crippen LogP contribution in [0.5, 0.6) is 0 Å². The van der Waals surface area contributed by atoms with E-state index in [9.17, 15) is 14.0 Å². The van der Waals surface area contributed by atoms with E-state index in [2.05, 4.69) is 10.6 Å². The molecular weight excluding hydrogens is 309 g/mol. The molecule has 2 rings (SSSR count). The average molecular weight is 329 g/mol. The lowest BCUT2D eigenvalue weighted by molar-refractivity contribution is -0.121. The summed E-state index contributed by atoms with van der Waals surface area (Å²) in [6.07, 6.45) is 0.400. The van der Waals surface area contributed by atoms with Gasteiger partial charge < -0.3 is 11.1 Å². The third kappa shape index (κ3) is 5.48. The van der Waals surface area contributed by atoms with Gasteiger partial charge >= 0.3 is 0 Å². The fourth-order valence-electron chi connectivity index (χ4n) is 2.24. The zero-order valence-corrected chi connectivity index (χ0v) is 13.2. The first-order chi connectivity index (χ1) is 11.6. The van der Waals surface area contributed by atoms with E-state index in [4.69, 9.17) is 5.73 Å². The molecule has 0 saturated heterocycles. The maximum Gasteiger partial charge on any atom is 0.234 e. The Morgan fingerprint density at radius 1 is 1.04 bits per heavy atom. The third-order valence-electron chi connectivity index (χ3n) is 3.57. The minimum absolute atomic E-state index is 0.0745. The summed E-state index contributed by atoms with van der Waals surface area (Å²) in [5.74, 6) is -1.23. The molecule has 6 heteroatoms. The van der Waals surface area contributed by atoms with Gasteiger partial charge in [-0.15, -0.1) is 0 Å². The average Bonchev–Trinajstić information content (AvgIpc) is 2.58. The summed E-state index contributed by atoms with van der Waals surface area (Å²) in [5, 5.41) is 5.44. The summed E-state index contributed by atoms with van der Waals surface area (Å²) in [6, 6.07) is 15.0. The smallest absolute Gasteiger partial charge is 0.234 e. The Morgan fingerprint density at radius 2 is 1.71 bits per heavy atom. The van der Waals surface area contributed by atoms with Crippen LogP contribution in [0.4, 0.5) is 4.39 Å². The lowest BCUT2D eigenvalue weighted by Gasteiger charge is -2.15. The van der Waals surface area contributed by atoms with Gasteiger partial charge in [-0.05, 0) is 18.1 Å². The highest BCUT2D eigenvalue weighted by molar-refractivity contribution is 5.82. The van der Waals surface area contributed by atoms with Crippen LogP contribution in [0.15, 0.2) is 54.6 Å². The van der Waals surface area contributed by atoms with Crippen molar-refractivity contribution in [2.75, 3.05) is 6.54 Å². The maximum atomic E-state index is 13.5. The number of benzene rings is 2. The first-order valence-corrected chi connectivity index (χ1v) is 7.63. The van der Waals surface area contributed by atoms with Crippen LogP contribution in [0.1, 0.15) is 11.1 Å². The summed E-state index contributed by atoms with van der Waals surface area (Å²) < 4.78 is 13.5. The van der Waals surface area contributed by atoms with Crippen molar-refractivity contribution in [1.82, 2.24) is 10.6 Å². The number of primary amides is 1. The Bertz CT molecular complexity index is 692. The summed E-state index contributed by atoms with van der Waals surface area (Å²) in [4.78, 5) is 23.4. The number of carbonyl (C=O) groups is 2. The zero-order chi connectivity index (χ0) is 17.4. The van der Waals surface area contributed by atoms with Crippen molar-refractivity contribution in [3.63, 3.8) is 0 Å². The largest absolute Gasteiger partial charge is 0.368 e. The molecule has 0 spiro atoms. The van der Waals surface area contributed by atoms with Crippen molar-refractivity contribution in [3.8, 4) is 0 Å². The van der Waals surface area contributed by atoms with Gasteiger partial charge in [0, 0.05) is 12.1 Å². The molecule has 0 radical (unpaired) electrons. The third-order valence-corrected chi connectivity index (χ3v) is 3.57. The summed E-state index contributed by atoms with van der Waals surface area (Å²) in [6.45, 7) is 0.0159. The highest BCUT2D eigenvalue weighted by atomic mass is 19.1. The standard InChI is InChI=1S/C18H20FN3O2/c19-15-9-5-4-8-14(15)11-22-17(23)12-21-16(18(20)24)10-13-6-2-1-3-7-13/h1-9,16,21H,10-12H2,(H2,20,24)(H,22,23)/t16-/m0/s1. The van der Waals surface area contributed by atoms with Gasteiger partial charge in [0.05, 0.1) is 12.6 Å². The van der Waals surface area contributed by atoms with Crippen molar-refractivity contribution < 1.29 is 14.0 Å². The van der Waals surface area contributed by atoms with Crippen molar-refractivity contribution in [1.29, 1.82) is 0 Å². The quantitative estimate of drug-likeness (QED) is 0.679. The molecule has 126 valence electrons. The second-order valence-electron chi connectivity index (χ2n) is 5.39. The van der Waals surface area contributed by atoms with E-state index in [1.54, 1.807) is 18.2 Å². The van der Waals surface area contributed by atoms with Crippen LogP contribution in [0, 0.1) is 5.82 Å². The molecule has 0 saturated carbocycles. The van der Waals surface area contributed by atoms with E-state index in [0.29, 0.717) is 12.0 Å². The van der Waals surface area contributed by atoms with E-state index in [0.717, 1.165) is 5.56 Å². The molecule has 0 heterocycles. The molecule has 0 aliphatic rings. The van der Waals surface area contributed by atoms with Gasteiger partial charge in [0.1, 0.15) is 5.82 Å². The predicted molar refractivity (Wildman–Crippen MR) is 89.4 cm³/mol. The van der Waals surface area contributed by atoms with E-state index in [-0.39, 0.29) is 24.8 Å². The minimum atomic E-state index is -0.647. The van der Waals surface area contributed by atoms with Gasteiger partial charge in [-0.3, -0.25) is 14.9 Å². The number of nitrogens with two attached hydrogens (primary N) is 1. The molecule has 4 N–H and O–H groups in total. The van der Waals surface area contributed by atoms with Crippen LogP contribution in [-0.4, -0.2) is 24.4 Å². The molecule has 24 heavy (non-hydrogen) atoms. The molecule has 1 atom stereocenters. The van der Waals surface area contributed by atoms with Crippen LogP contribution in [-0.2, 0) is 22.6 Å². The van der Waals surface area contributed by atoms with E-state index >= 15 is 0 Å². The Labute approximate surface area is 140 Å². The number of halogens is 1. The molecular formula is C18H20FN3O2. The Balaban J connectivity index is 1.82. The Hall–Kier alpha value is -2.73. The highest BCUT2D eigenvalue weighted by Crippen LogP contribution is 2.05. The Morgan fingerprint density at radius 3 is 2.38 bits per heavy atom. The zero-order valence-electron chi connectivity index (χ0n) is 13.2. The number of rotatable bonds is 8. The van der Waals surface area contributed by atoms with Crippen LogP contribution in [0.2, 0.25) is 0 Å². The SMILES string of the molecule is NC(=O)[C@H](Cc1ccccc1)NCC(=O)NCc1ccccc1F. The van der Waals surface area contributed by atoms with Gasteiger partial charge in [-0.2, -0.15) is 0 Å². The normalized spacial score (nSPS) is 11.7. The predicted octanol–water partition coefficient (Wildman–Crippen LogP) is 1.13. The molecule has 0 fully saturated rings. The second kappa shape index (κ2) is 8.79. The molecule has 2 aromatic rings. The monoisotopic (exact) mass is 329 g/mol. The van der Waals surface area contributed by atoms with E-state index in [1.807, 2.05) is 30.3 Å². The van der Waals surface area contributed by atoms with Gasteiger partial charge in [-0.1, -0.05) is 48.5 Å². The number of hydrogen-bond acceptors (Lipinski definition) is 3. The number of amides is 2. The topological polar surface area (TPSA) is 84.2 Å². The maximum absolute atomic E-state index is 13.5. The van der Waals surface area contributed by atoms with Crippen LogP contribution >= 0.6 is 0 Å². The Kier molecular flexibility index (Phi) is 6.45. The molecule has 0 unspecified atom stereocenters. The van der Waals surface area contributed by atoms with Crippen LogP contribution in [0.25, 0.3) is 0 Å². The van der Waals surface area contributed by atoms with Crippen LogP contribution in [0.3, 0.4) is 0 Å². The molecule has 2 aromatic carbocycles. The van der Waals surface area contributed by atoms with E-state index in [1.165, 1.54) is 6.07 Å². The van der Waals surface area contributed by atoms with Crippen molar-refractivity contribution in [2.24, 2.45) is 5.73 Å². The lowest BCUT2D eigenvalue weighted by Crippen LogP contribution is -2.47. The van der Waals surface area contributed by atoms with Crippen LogP contribution < -0.4 is 16.4 Å². The number of nitrogens with one attached hydrogen (secondary N) is 2. The van der Waals surface area contributed by atoms with Gasteiger partial charge in [0.2, 0.25) is 11.8 Å². The molecule has 2 amide bonds. The molecule has 0 bridgehead atoms. The van der Waals surface area contributed by atoms with Gasteiger partial charge in [-0.25, -0.2) is 4.39 Å². The minimum Gasteiger partial charge on any atom is -0.368 e. The van der Waals surface area contributed by atoms with E-state index < -0.39 is 11.9 Å². The highest BCUT2D eigenvalue weighted by Gasteiger charge is 2.16. The van der Waals surface area contributed by atoms with Crippen molar-refractivity contribution in [2.45, 2.75) is 19.0 Å². The molecule has 5 nitrogen and oxygen atoms in total. The summed E-state index contributed by atoms with van der Waals surface area (Å²) in [7, 11) is 0. The summed E-state index contributed by atoms with van der Waals surface area (Å²) >= 11 is 0. The fraction of sp³-hybridized carbons (Fsp3) is 0.222.